The standard InChI is InChI=1S/C18H19N3O/c1-13-7-8-15(11-14(13)2)20-18(22)9-10-21-12-19-16-5-3-4-6-17(16)21/h3-8,11-12H,9-10H2,1-2H3,(H,20,22). The van der Waals surface area contributed by atoms with Crippen LogP contribution in [0.2, 0.25) is 0 Å². The first-order chi connectivity index (χ1) is 10.6. The summed E-state index contributed by atoms with van der Waals surface area (Å²) >= 11 is 0. The van der Waals surface area contributed by atoms with Gasteiger partial charge in [-0.3, -0.25) is 4.79 Å². The second kappa shape index (κ2) is 6.02. The summed E-state index contributed by atoms with van der Waals surface area (Å²) in [5, 5.41) is 2.95. The summed E-state index contributed by atoms with van der Waals surface area (Å²) in [4.78, 5) is 16.4. The first-order valence-corrected chi connectivity index (χ1v) is 7.40. The van der Waals surface area contributed by atoms with Gasteiger partial charge in [-0.1, -0.05) is 18.2 Å². The second-order valence-corrected chi connectivity index (χ2v) is 5.52. The molecule has 0 aliphatic heterocycles. The van der Waals surface area contributed by atoms with Crippen LogP contribution in [0.3, 0.4) is 0 Å². The third-order valence-electron chi connectivity index (χ3n) is 3.90. The van der Waals surface area contributed by atoms with Crippen molar-refractivity contribution < 1.29 is 4.79 Å². The Bertz CT molecular complexity index is 820. The third kappa shape index (κ3) is 3.01. The molecule has 1 aromatic heterocycles. The Labute approximate surface area is 129 Å². The molecule has 0 atom stereocenters. The van der Waals surface area contributed by atoms with Crippen LogP contribution in [-0.2, 0) is 11.3 Å². The fourth-order valence-corrected chi connectivity index (χ4v) is 2.45. The van der Waals surface area contributed by atoms with E-state index in [-0.39, 0.29) is 5.91 Å². The van der Waals surface area contributed by atoms with Crippen molar-refractivity contribution in [2.45, 2.75) is 26.8 Å². The minimum absolute atomic E-state index is 0.0148. The lowest BCUT2D eigenvalue weighted by Gasteiger charge is -2.08. The fraction of sp³-hybridized carbons (Fsp3) is 0.222. The van der Waals surface area contributed by atoms with Gasteiger partial charge >= 0.3 is 0 Å². The van der Waals surface area contributed by atoms with Gasteiger partial charge in [0.15, 0.2) is 0 Å². The molecule has 0 fully saturated rings. The van der Waals surface area contributed by atoms with Gasteiger partial charge in [-0.25, -0.2) is 4.98 Å². The van der Waals surface area contributed by atoms with Crippen LogP contribution in [0.25, 0.3) is 11.0 Å². The van der Waals surface area contributed by atoms with Crippen LogP contribution in [0.15, 0.2) is 48.8 Å². The summed E-state index contributed by atoms with van der Waals surface area (Å²) in [6, 6.07) is 13.9. The minimum atomic E-state index is 0.0148. The molecule has 4 nitrogen and oxygen atoms in total. The number of amides is 1. The molecule has 3 aromatic rings. The van der Waals surface area contributed by atoms with Gasteiger partial charge in [0.25, 0.3) is 0 Å². The zero-order valence-corrected chi connectivity index (χ0v) is 12.8. The predicted molar refractivity (Wildman–Crippen MR) is 88.9 cm³/mol. The van der Waals surface area contributed by atoms with Gasteiger partial charge in [0.1, 0.15) is 0 Å². The number of rotatable bonds is 4. The molecule has 0 aliphatic carbocycles. The van der Waals surface area contributed by atoms with Crippen molar-refractivity contribution in [3.63, 3.8) is 0 Å². The highest BCUT2D eigenvalue weighted by Crippen LogP contribution is 2.15. The van der Waals surface area contributed by atoms with Gasteiger partial charge in [-0.15, -0.1) is 0 Å². The molecule has 0 saturated heterocycles. The number of hydrogen-bond acceptors (Lipinski definition) is 2. The van der Waals surface area contributed by atoms with E-state index in [2.05, 4.69) is 17.2 Å². The normalized spacial score (nSPS) is 10.8. The summed E-state index contributed by atoms with van der Waals surface area (Å²) in [5.41, 5.74) is 5.27. The molecule has 0 spiro atoms. The van der Waals surface area contributed by atoms with Gasteiger partial charge < -0.3 is 9.88 Å². The van der Waals surface area contributed by atoms with Crippen LogP contribution in [0.1, 0.15) is 17.5 Å². The SMILES string of the molecule is Cc1ccc(NC(=O)CCn2cnc3ccccc32)cc1C. The van der Waals surface area contributed by atoms with E-state index in [1.54, 1.807) is 6.33 Å². The molecule has 0 radical (unpaired) electrons. The summed E-state index contributed by atoms with van der Waals surface area (Å²) in [7, 11) is 0. The van der Waals surface area contributed by atoms with Crippen molar-refractivity contribution in [1.29, 1.82) is 0 Å². The molecule has 112 valence electrons. The average Bonchev–Trinajstić information content (AvgIpc) is 2.92. The van der Waals surface area contributed by atoms with Crippen LogP contribution in [0.4, 0.5) is 5.69 Å². The van der Waals surface area contributed by atoms with Crippen molar-refractivity contribution in [2.75, 3.05) is 5.32 Å². The maximum absolute atomic E-state index is 12.1. The molecule has 1 heterocycles. The predicted octanol–water partition coefficient (Wildman–Crippen LogP) is 3.68. The molecule has 2 aromatic carbocycles. The molecule has 4 heteroatoms. The quantitative estimate of drug-likeness (QED) is 0.797. The van der Waals surface area contributed by atoms with Crippen LogP contribution in [-0.4, -0.2) is 15.5 Å². The van der Waals surface area contributed by atoms with Crippen molar-refractivity contribution in [3.8, 4) is 0 Å². The molecule has 0 saturated carbocycles. The Morgan fingerprint density at radius 1 is 1.14 bits per heavy atom. The maximum atomic E-state index is 12.1. The Balaban J connectivity index is 1.63. The minimum Gasteiger partial charge on any atom is -0.330 e. The summed E-state index contributed by atoms with van der Waals surface area (Å²) < 4.78 is 2.01. The largest absolute Gasteiger partial charge is 0.330 e. The number of aromatic nitrogens is 2. The number of nitrogens with zero attached hydrogens (tertiary/aromatic N) is 2. The van der Waals surface area contributed by atoms with E-state index in [1.165, 1.54) is 11.1 Å². The van der Waals surface area contributed by atoms with E-state index in [1.807, 2.05) is 54.0 Å². The molecule has 1 amide bonds. The monoisotopic (exact) mass is 293 g/mol. The number of imidazole rings is 1. The van der Waals surface area contributed by atoms with Crippen molar-refractivity contribution >= 4 is 22.6 Å². The Kier molecular flexibility index (Phi) is 3.92. The maximum Gasteiger partial charge on any atom is 0.226 e. The van der Waals surface area contributed by atoms with Gasteiger partial charge in [-0.05, 0) is 49.2 Å². The molecule has 22 heavy (non-hydrogen) atoms. The topological polar surface area (TPSA) is 46.9 Å². The number of aryl methyl sites for hydroxylation is 3. The number of para-hydroxylation sites is 2. The number of benzene rings is 2. The van der Waals surface area contributed by atoms with Gasteiger partial charge in [0.2, 0.25) is 5.91 Å². The van der Waals surface area contributed by atoms with Gasteiger partial charge in [0.05, 0.1) is 17.4 Å². The van der Waals surface area contributed by atoms with Crippen LogP contribution < -0.4 is 5.32 Å². The molecular formula is C18H19N3O. The van der Waals surface area contributed by atoms with E-state index in [0.29, 0.717) is 13.0 Å². The highest BCUT2D eigenvalue weighted by atomic mass is 16.1. The van der Waals surface area contributed by atoms with Crippen LogP contribution >= 0.6 is 0 Å². The first kappa shape index (κ1) is 14.3. The summed E-state index contributed by atoms with van der Waals surface area (Å²) in [5.74, 6) is 0.0148. The van der Waals surface area contributed by atoms with E-state index in [4.69, 9.17) is 0 Å². The summed E-state index contributed by atoms with van der Waals surface area (Å²) in [6.45, 7) is 4.73. The number of hydrogen-bond donors (Lipinski definition) is 1. The van der Waals surface area contributed by atoms with E-state index in [9.17, 15) is 4.79 Å². The van der Waals surface area contributed by atoms with Gasteiger partial charge in [0, 0.05) is 18.7 Å². The number of anilines is 1. The van der Waals surface area contributed by atoms with E-state index in [0.717, 1.165) is 16.7 Å². The lowest BCUT2D eigenvalue weighted by Crippen LogP contribution is -2.14. The first-order valence-electron chi connectivity index (χ1n) is 7.40. The van der Waals surface area contributed by atoms with E-state index < -0.39 is 0 Å². The van der Waals surface area contributed by atoms with Crippen molar-refractivity contribution in [1.82, 2.24) is 9.55 Å². The van der Waals surface area contributed by atoms with Crippen molar-refractivity contribution in [2.24, 2.45) is 0 Å². The highest BCUT2D eigenvalue weighted by molar-refractivity contribution is 5.90. The highest BCUT2D eigenvalue weighted by Gasteiger charge is 2.06. The Morgan fingerprint density at radius 3 is 2.77 bits per heavy atom. The third-order valence-corrected chi connectivity index (χ3v) is 3.90. The van der Waals surface area contributed by atoms with Crippen LogP contribution in [0, 0.1) is 13.8 Å². The molecule has 0 bridgehead atoms. The molecule has 0 unspecified atom stereocenters. The smallest absolute Gasteiger partial charge is 0.226 e. The second-order valence-electron chi connectivity index (χ2n) is 5.52. The van der Waals surface area contributed by atoms with Crippen LogP contribution in [0.5, 0.6) is 0 Å². The molecule has 3 rings (SSSR count). The molecular weight excluding hydrogens is 274 g/mol. The summed E-state index contributed by atoms with van der Waals surface area (Å²) in [6.07, 6.45) is 2.21. The Hall–Kier alpha value is -2.62. The molecule has 0 aliphatic rings. The lowest BCUT2D eigenvalue weighted by molar-refractivity contribution is -0.116. The zero-order chi connectivity index (χ0) is 15.5. The number of nitrogens with one attached hydrogen (secondary N) is 1. The average molecular weight is 293 g/mol. The lowest BCUT2D eigenvalue weighted by atomic mass is 10.1. The number of fused-ring (bicyclic) bond motifs is 1. The number of carbonyl (C=O) groups is 1. The molecule has 1 N–H and O–H groups in total. The van der Waals surface area contributed by atoms with E-state index >= 15 is 0 Å². The fourth-order valence-electron chi connectivity index (χ4n) is 2.45. The van der Waals surface area contributed by atoms with Crippen molar-refractivity contribution in [3.05, 3.63) is 59.9 Å². The van der Waals surface area contributed by atoms with Gasteiger partial charge in [-0.2, -0.15) is 0 Å². The Morgan fingerprint density at radius 2 is 1.95 bits per heavy atom. The zero-order valence-electron chi connectivity index (χ0n) is 12.8. The number of carbonyl (C=O) groups excluding carboxylic acids is 1.